The zero-order valence-electron chi connectivity index (χ0n) is 19.3. The highest BCUT2D eigenvalue weighted by Crippen LogP contribution is 2.37. The van der Waals surface area contributed by atoms with Crippen LogP contribution in [0, 0.1) is 0 Å². The Kier molecular flexibility index (Phi) is 8.88. The largest absolute Gasteiger partial charge is 0.466 e. The number of hydrogen-bond donors (Lipinski definition) is 2. The Morgan fingerprint density at radius 2 is 1.83 bits per heavy atom. The monoisotopic (exact) mass is 537 g/mol. The normalized spacial score (nSPS) is 11.5. The highest BCUT2D eigenvalue weighted by Gasteiger charge is 2.23. The number of thiophene rings is 1. The fraction of sp³-hybridized carbons (Fsp3) is 0.154. The number of nitrogens with one attached hydrogen (secondary N) is 2. The van der Waals surface area contributed by atoms with Crippen molar-refractivity contribution in [1.82, 2.24) is 4.98 Å². The number of benzene rings is 2. The lowest BCUT2D eigenvalue weighted by molar-refractivity contribution is -0.142. The van der Waals surface area contributed by atoms with E-state index >= 15 is 0 Å². The Morgan fingerprint density at radius 1 is 1.00 bits per heavy atom. The van der Waals surface area contributed by atoms with Crippen molar-refractivity contribution in [2.24, 2.45) is 0 Å². The third kappa shape index (κ3) is 7.03. The van der Waals surface area contributed by atoms with Crippen LogP contribution in [0.25, 0.3) is 0 Å². The highest BCUT2D eigenvalue weighted by molar-refractivity contribution is 8.00. The third-order valence-corrected chi connectivity index (χ3v) is 7.77. The summed E-state index contributed by atoms with van der Waals surface area (Å²) in [6, 6.07) is 20.5. The smallest absolute Gasteiger partial charge is 0.311 e. The topological polar surface area (TPSA) is 97.4 Å². The molecule has 2 N–H and O–H groups in total. The zero-order valence-corrected chi connectivity index (χ0v) is 21.8. The first kappa shape index (κ1) is 25.6. The Labute approximate surface area is 220 Å². The van der Waals surface area contributed by atoms with E-state index in [1.807, 2.05) is 66.0 Å². The number of esters is 1. The highest BCUT2D eigenvalue weighted by atomic mass is 32.2. The van der Waals surface area contributed by atoms with Gasteiger partial charge in [0.2, 0.25) is 5.91 Å². The molecule has 0 bridgehead atoms. The number of carbonyl (C=O) groups excluding carboxylic acids is 3. The van der Waals surface area contributed by atoms with Crippen molar-refractivity contribution >= 4 is 63.0 Å². The van der Waals surface area contributed by atoms with Crippen LogP contribution in [0.2, 0.25) is 0 Å². The van der Waals surface area contributed by atoms with Crippen LogP contribution in [0.3, 0.4) is 0 Å². The first-order chi connectivity index (χ1) is 17.5. The van der Waals surface area contributed by atoms with Crippen LogP contribution >= 0.6 is 34.4 Å². The number of carbonyl (C=O) groups is 3. The molecule has 0 aliphatic carbocycles. The third-order valence-electron chi connectivity index (χ3n) is 4.84. The summed E-state index contributed by atoms with van der Waals surface area (Å²) in [5.74, 6) is -0.771. The molecule has 0 aliphatic heterocycles. The Morgan fingerprint density at radius 3 is 2.58 bits per heavy atom. The predicted octanol–water partition coefficient (Wildman–Crippen LogP) is 6.03. The zero-order chi connectivity index (χ0) is 25.3. The molecule has 2 aromatic heterocycles. The van der Waals surface area contributed by atoms with Gasteiger partial charge in [0.15, 0.2) is 5.13 Å². The molecule has 0 saturated carbocycles. The molecule has 2 heterocycles. The van der Waals surface area contributed by atoms with Crippen molar-refractivity contribution in [3.63, 3.8) is 0 Å². The number of aromatic nitrogens is 1. The molecule has 4 rings (SSSR count). The van der Waals surface area contributed by atoms with E-state index < -0.39 is 5.25 Å². The van der Waals surface area contributed by atoms with Crippen LogP contribution in [0.15, 0.2) is 82.4 Å². The summed E-state index contributed by atoms with van der Waals surface area (Å²) in [7, 11) is 0. The SMILES string of the molecule is CCOC(=O)Cc1csc(NC(=O)C(Sc2cccc(NC(=O)c3cccs3)c2)c2ccccc2)n1. The Balaban J connectivity index is 1.48. The number of anilines is 2. The van der Waals surface area contributed by atoms with Crippen molar-refractivity contribution in [3.05, 3.63) is 93.6 Å². The van der Waals surface area contributed by atoms with Crippen LogP contribution in [0.1, 0.15) is 33.1 Å². The van der Waals surface area contributed by atoms with Gasteiger partial charge in [-0.2, -0.15) is 0 Å². The van der Waals surface area contributed by atoms with Crippen LogP contribution in [-0.4, -0.2) is 29.4 Å². The number of thiazole rings is 1. The van der Waals surface area contributed by atoms with E-state index in [-0.39, 0.29) is 24.2 Å². The van der Waals surface area contributed by atoms with E-state index in [4.69, 9.17) is 4.74 Å². The van der Waals surface area contributed by atoms with Gasteiger partial charge >= 0.3 is 5.97 Å². The van der Waals surface area contributed by atoms with Gasteiger partial charge in [0.25, 0.3) is 5.91 Å². The summed E-state index contributed by atoms with van der Waals surface area (Å²) in [4.78, 5) is 43.3. The molecule has 36 heavy (non-hydrogen) atoms. The number of ether oxygens (including phenoxy) is 1. The van der Waals surface area contributed by atoms with Crippen LogP contribution in [-0.2, 0) is 20.7 Å². The number of thioether (sulfide) groups is 1. The van der Waals surface area contributed by atoms with Gasteiger partial charge in [-0.25, -0.2) is 4.98 Å². The molecule has 2 amide bonds. The molecular formula is C26H23N3O4S3. The molecule has 1 atom stereocenters. The van der Waals surface area contributed by atoms with Crippen molar-refractivity contribution in [2.75, 3.05) is 17.2 Å². The molecule has 7 nitrogen and oxygen atoms in total. The van der Waals surface area contributed by atoms with Gasteiger partial charge in [0.05, 0.1) is 23.6 Å². The van der Waals surface area contributed by atoms with Gasteiger partial charge in [0, 0.05) is 16.0 Å². The molecule has 4 aromatic rings. The molecule has 184 valence electrons. The lowest BCUT2D eigenvalue weighted by atomic mass is 10.1. The maximum absolute atomic E-state index is 13.3. The Bertz CT molecular complexity index is 1320. The Hall–Kier alpha value is -3.47. The van der Waals surface area contributed by atoms with Crippen molar-refractivity contribution in [1.29, 1.82) is 0 Å². The maximum atomic E-state index is 13.3. The van der Waals surface area contributed by atoms with Gasteiger partial charge in [-0.3, -0.25) is 14.4 Å². The minimum Gasteiger partial charge on any atom is -0.466 e. The van der Waals surface area contributed by atoms with Crippen LogP contribution in [0.5, 0.6) is 0 Å². The summed E-state index contributed by atoms with van der Waals surface area (Å²) in [5, 5.41) is 9.22. The van der Waals surface area contributed by atoms with Gasteiger partial charge in [0.1, 0.15) is 5.25 Å². The fourth-order valence-electron chi connectivity index (χ4n) is 3.26. The molecule has 0 aliphatic rings. The van der Waals surface area contributed by atoms with Gasteiger partial charge in [-0.05, 0) is 42.1 Å². The summed E-state index contributed by atoms with van der Waals surface area (Å²) >= 11 is 4.01. The van der Waals surface area contributed by atoms with Gasteiger partial charge in [-0.1, -0.05) is 42.5 Å². The number of amides is 2. The van der Waals surface area contributed by atoms with Crippen LogP contribution in [0.4, 0.5) is 10.8 Å². The molecule has 2 aromatic carbocycles. The molecule has 0 saturated heterocycles. The predicted molar refractivity (Wildman–Crippen MR) is 145 cm³/mol. The summed E-state index contributed by atoms with van der Waals surface area (Å²) in [6.07, 6.45) is 0.0566. The lowest BCUT2D eigenvalue weighted by Gasteiger charge is -2.17. The van der Waals surface area contributed by atoms with Crippen molar-refractivity contribution in [2.45, 2.75) is 23.5 Å². The van der Waals surface area contributed by atoms with E-state index in [0.29, 0.717) is 28.0 Å². The molecule has 10 heteroatoms. The summed E-state index contributed by atoms with van der Waals surface area (Å²) in [5.41, 5.74) is 2.03. The van der Waals surface area contributed by atoms with Crippen LogP contribution < -0.4 is 10.6 Å². The van der Waals surface area contributed by atoms with Gasteiger partial charge in [-0.15, -0.1) is 34.4 Å². The molecule has 0 radical (unpaired) electrons. The van der Waals surface area contributed by atoms with E-state index in [1.54, 1.807) is 18.4 Å². The lowest BCUT2D eigenvalue weighted by Crippen LogP contribution is -2.19. The summed E-state index contributed by atoms with van der Waals surface area (Å²) in [6.45, 7) is 2.06. The second-order valence-corrected chi connectivity index (χ2v) is 10.5. The van der Waals surface area contributed by atoms with E-state index in [0.717, 1.165) is 10.5 Å². The first-order valence-corrected chi connectivity index (χ1v) is 13.7. The van der Waals surface area contributed by atoms with Crippen molar-refractivity contribution in [3.8, 4) is 0 Å². The molecular weight excluding hydrogens is 515 g/mol. The fourth-order valence-corrected chi connectivity index (χ4v) is 5.68. The number of hydrogen-bond acceptors (Lipinski definition) is 8. The minimum atomic E-state index is -0.563. The summed E-state index contributed by atoms with van der Waals surface area (Å²) < 4.78 is 4.96. The average molecular weight is 538 g/mol. The number of nitrogens with zero attached hydrogens (tertiary/aromatic N) is 1. The standard InChI is InChI=1S/C26H23N3O4S3/c1-2-33-22(30)15-19-16-35-26(28-19)29-25(32)23(17-8-4-3-5-9-17)36-20-11-6-10-18(14-20)27-24(31)21-12-7-13-34-21/h3-14,16,23H,2,15H2,1H3,(H,27,31)(H,28,29,32). The number of rotatable bonds is 10. The second kappa shape index (κ2) is 12.5. The van der Waals surface area contributed by atoms with E-state index in [2.05, 4.69) is 15.6 Å². The minimum absolute atomic E-state index is 0.0566. The maximum Gasteiger partial charge on any atom is 0.311 e. The quantitative estimate of drug-likeness (QED) is 0.189. The molecule has 1 unspecified atom stereocenters. The molecule has 0 spiro atoms. The average Bonchev–Trinajstić information content (AvgIpc) is 3.56. The second-order valence-electron chi connectivity index (χ2n) is 7.48. The molecule has 0 fully saturated rings. The van der Waals surface area contributed by atoms with Gasteiger partial charge < -0.3 is 15.4 Å². The van der Waals surface area contributed by atoms with Crippen molar-refractivity contribution < 1.29 is 19.1 Å². The van der Waals surface area contributed by atoms with E-state index in [9.17, 15) is 14.4 Å². The van der Waals surface area contributed by atoms with E-state index in [1.165, 1.54) is 34.4 Å². The first-order valence-electron chi connectivity index (χ1n) is 11.1.